The number of nitrogens with zero attached hydrogens (tertiary/aromatic N) is 3. The highest BCUT2D eigenvalue weighted by Crippen LogP contribution is 3.02. The molecule has 0 fully saturated rings. The normalized spacial score (nSPS) is 15.9. The smallest absolute Gasteiger partial charge is 0.310 e. The lowest BCUT2D eigenvalue weighted by Gasteiger charge is -2.42. The number of aromatic nitrogens is 2. The lowest BCUT2D eigenvalue weighted by Crippen LogP contribution is -2.61. The number of halogens is 8. The van der Waals surface area contributed by atoms with Crippen molar-refractivity contribution in [1.82, 2.24) is 15.3 Å². The van der Waals surface area contributed by atoms with Gasteiger partial charge in [-0.3, -0.25) is 14.5 Å². The van der Waals surface area contributed by atoms with Crippen LogP contribution in [0.25, 0.3) is 0 Å². The van der Waals surface area contributed by atoms with E-state index < -0.39 is 49.5 Å². The summed E-state index contributed by atoms with van der Waals surface area (Å²) in [5, 5.41) is 2.39. The van der Waals surface area contributed by atoms with Gasteiger partial charge >= 0.3 is 10.2 Å². The van der Waals surface area contributed by atoms with Crippen LogP contribution < -0.4 is 10.2 Å². The number of amides is 2. The van der Waals surface area contributed by atoms with Gasteiger partial charge in [0.25, 0.3) is 11.5 Å². The fourth-order valence-corrected chi connectivity index (χ4v) is 4.21. The number of benzene rings is 2. The van der Waals surface area contributed by atoms with Gasteiger partial charge < -0.3 is 5.32 Å². The zero-order valence-electron chi connectivity index (χ0n) is 19.0. The van der Waals surface area contributed by atoms with Crippen LogP contribution in [0.1, 0.15) is 11.1 Å². The Labute approximate surface area is 218 Å². The fraction of sp³-hybridized carbons (Fsp3) is 0.182. The van der Waals surface area contributed by atoms with Gasteiger partial charge in [0, 0.05) is 30.2 Å². The molecule has 1 N–H and O–H groups in total. The van der Waals surface area contributed by atoms with E-state index in [0.717, 1.165) is 18.7 Å². The molecule has 2 radical (unpaired) electrons. The quantitative estimate of drug-likeness (QED) is 0.206. The number of anilines is 1. The van der Waals surface area contributed by atoms with Gasteiger partial charge in [-0.15, -0.1) is 0 Å². The first-order valence-electron chi connectivity index (χ1n) is 10.5. The third-order valence-electron chi connectivity index (χ3n) is 5.24. The Balaban J connectivity index is 2.07. The highest BCUT2D eigenvalue weighted by molar-refractivity contribution is 8.45. The highest BCUT2D eigenvalue weighted by atomic mass is 35.5. The second-order valence-electron chi connectivity index (χ2n) is 7.97. The van der Waals surface area contributed by atoms with E-state index in [2.05, 4.69) is 15.3 Å². The predicted molar refractivity (Wildman–Crippen MR) is 129 cm³/mol. The SMILES string of the molecule is [B][C@](C(=O)NCCc1cccc(F)c1)(c1cncnc1)N(C(=O)[C@H](F)Cl)c1ccc(S(F)(F)(F)(F)F)cc1. The molecule has 0 spiro atoms. The zero-order valence-corrected chi connectivity index (χ0v) is 20.6. The van der Waals surface area contributed by atoms with Gasteiger partial charge in [0.2, 0.25) is 5.91 Å². The molecule has 202 valence electrons. The van der Waals surface area contributed by atoms with Crippen LogP contribution in [-0.4, -0.2) is 41.8 Å². The first kappa shape index (κ1) is 29.2. The van der Waals surface area contributed by atoms with Crippen LogP contribution in [0, 0.1) is 5.82 Å². The van der Waals surface area contributed by atoms with Crippen molar-refractivity contribution in [2.24, 2.45) is 0 Å². The van der Waals surface area contributed by atoms with E-state index in [-0.39, 0.29) is 35.6 Å². The average Bonchev–Trinajstić information content (AvgIpc) is 2.83. The summed E-state index contributed by atoms with van der Waals surface area (Å²) in [5.41, 5.74) is -6.10. The second-order valence-corrected chi connectivity index (χ2v) is 10.8. The Hall–Kier alpha value is -3.33. The van der Waals surface area contributed by atoms with Crippen LogP contribution in [0.5, 0.6) is 0 Å². The summed E-state index contributed by atoms with van der Waals surface area (Å²) < 4.78 is 93.6. The summed E-state index contributed by atoms with van der Waals surface area (Å²) in [6.45, 7) is -0.181. The van der Waals surface area contributed by atoms with Gasteiger partial charge in [-0.1, -0.05) is 43.2 Å². The molecule has 0 saturated carbocycles. The standard InChI is InChI=1S/C22H17BClF7N4O2S/c23-22(15-11-32-13-33-12-15,21(37)34-9-8-14-2-1-3-16(25)10-14)35(20(36)19(24)26)17-4-6-18(7-5-17)38(27,28,29,30)31/h1-7,10-13,19H,8-9H2,(H,34,37)/t19-,22+/m0/s1. The van der Waals surface area contributed by atoms with Gasteiger partial charge in [0.1, 0.15) is 30.3 Å². The number of carbonyl (C=O) groups is 2. The molecule has 16 heteroatoms. The van der Waals surface area contributed by atoms with Crippen LogP contribution in [0.15, 0.2) is 72.1 Å². The number of nitrogens with one attached hydrogen (secondary N) is 1. The summed E-state index contributed by atoms with van der Waals surface area (Å²) in [4.78, 5) is 31.5. The van der Waals surface area contributed by atoms with Crippen molar-refractivity contribution in [3.63, 3.8) is 0 Å². The maximum absolute atomic E-state index is 14.1. The van der Waals surface area contributed by atoms with Crippen LogP contribution in [0.2, 0.25) is 0 Å². The Morgan fingerprint density at radius 1 is 1.05 bits per heavy atom. The molecular weight excluding hydrogens is 564 g/mol. The summed E-state index contributed by atoms with van der Waals surface area (Å²) >= 11 is 5.31. The van der Waals surface area contributed by atoms with Crippen molar-refractivity contribution < 1.29 is 37.8 Å². The van der Waals surface area contributed by atoms with Gasteiger partial charge in [-0.2, -0.15) is 0 Å². The minimum Gasteiger partial charge on any atom is -0.354 e. The Morgan fingerprint density at radius 2 is 1.66 bits per heavy atom. The number of hydrogen-bond donors (Lipinski definition) is 1. The van der Waals surface area contributed by atoms with E-state index in [1.807, 2.05) is 0 Å². The van der Waals surface area contributed by atoms with E-state index in [1.54, 1.807) is 6.07 Å². The molecule has 3 aromatic rings. The van der Waals surface area contributed by atoms with Crippen molar-refractivity contribution in [3.8, 4) is 0 Å². The van der Waals surface area contributed by atoms with E-state index in [1.165, 1.54) is 18.2 Å². The van der Waals surface area contributed by atoms with Crippen LogP contribution >= 0.6 is 21.8 Å². The number of hydrogen-bond acceptors (Lipinski definition) is 4. The fourth-order valence-electron chi connectivity index (χ4n) is 3.46. The minimum atomic E-state index is -10.1. The molecule has 1 heterocycles. The van der Waals surface area contributed by atoms with Crippen LogP contribution in [0.3, 0.4) is 0 Å². The van der Waals surface area contributed by atoms with Crippen LogP contribution in [-0.2, 0) is 21.4 Å². The molecule has 2 aromatic carbocycles. The molecule has 0 unspecified atom stereocenters. The average molecular weight is 581 g/mol. The lowest BCUT2D eigenvalue weighted by atomic mass is 9.70. The van der Waals surface area contributed by atoms with E-state index >= 15 is 0 Å². The maximum atomic E-state index is 14.1. The minimum absolute atomic E-state index is 0.0393. The van der Waals surface area contributed by atoms with Gasteiger partial charge in [-0.05, 0) is 48.4 Å². The van der Waals surface area contributed by atoms with Crippen molar-refractivity contribution in [3.05, 3.63) is 84.2 Å². The molecule has 2 amide bonds. The van der Waals surface area contributed by atoms with Crippen molar-refractivity contribution in [2.75, 3.05) is 11.4 Å². The monoisotopic (exact) mass is 580 g/mol. The molecule has 6 nitrogen and oxygen atoms in total. The Kier molecular flexibility index (Phi) is 7.51. The molecule has 3 rings (SSSR count). The highest BCUT2D eigenvalue weighted by Gasteiger charge is 2.65. The predicted octanol–water partition coefficient (Wildman–Crippen LogP) is 5.52. The molecule has 0 aliphatic carbocycles. The number of alkyl halides is 2. The Morgan fingerprint density at radius 3 is 2.18 bits per heavy atom. The molecular formula is C22H17BClF7N4O2S. The van der Waals surface area contributed by atoms with E-state index in [0.29, 0.717) is 17.7 Å². The van der Waals surface area contributed by atoms with Crippen molar-refractivity contribution in [2.45, 2.75) is 22.4 Å². The van der Waals surface area contributed by atoms with E-state index in [4.69, 9.17) is 19.4 Å². The summed E-state index contributed by atoms with van der Waals surface area (Å²) in [6, 6.07) is 6.14. The van der Waals surface area contributed by atoms with Crippen molar-refractivity contribution in [1.29, 1.82) is 0 Å². The van der Waals surface area contributed by atoms with E-state index in [9.17, 15) is 37.8 Å². The summed E-state index contributed by atoms with van der Waals surface area (Å²) in [5.74, 6) is -3.42. The molecule has 1 aromatic heterocycles. The first-order valence-corrected chi connectivity index (χ1v) is 12.9. The second kappa shape index (κ2) is 9.77. The van der Waals surface area contributed by atoms with Crippen LogP contribution in [0.4, 0.5) is 33.9 Å². The van der Waals surface area contributed by atoms with Gasteiger partial charge in [0.15, 0.2) is 0 Å². The molecule has 0 bridgehead atoms. The number of rotatable bonds is 9. The molecule has 0 aliphatic heterocycles. The number of carbonyl (C=O) groups excluding carboxylic acids is 2. The first-order chi connectivity index (χ1) is 17.4. The third kappa shape index (κ3) is 6.56. The zero-order chi connectivity index (χ0) is 28.4. The molecule has 38 heavy (non-hydrogen) atoms. The summed E-state index contributed by atoms with van der Waals surface area (Å²) in [6.07, 6.45) is 3.06. The summed E-state index contributed by atoms with van der Waals surface area (Å²) in [7, 11) is -3.78. The lowest BCUT2D eigenvalue weighted by molar-refractivity contribution is -0.129. The molecule has 0 aliphatic rings. The van der Waals surface area contributed by atoms with Gasteiger partial charge in [-0.25, -0.2) is 18.7 Å². The Bertz CT molecular complexity index is 1340. The third-order valence-corrected chi connectivity index (χ3v) is 6.58. The largest absolute Gasteiger partial charge is 0.354 e. The topological polar surface area (TPSA) is 75.2 Å². The maximum Gasteiger partial charge on any atom is 0.310 e. The van der Waals surface area contributed by atoms with Crippen molar-refractivity contribution >= 4 is 47.2 Å². The molecule has 0 saturated heterocycles. The van der Waals surface area contributed by atoms with Gasteiger partial charge in [0.05, 0.1) is 0 Å². The molecule has 2 atom stereocenters.